The SMILES string of the molecule is N#Cc1ccc(-n2nc(Cc3ccccc3)c3c2NCCCC3)cc1. The van der Waals surface area contributed by atoms with Gasteiger partial charge in [-0.1, -0.05) is 30.3 Å². The zero-order valence-corrected chi connectivity index (χ0v) is 14.1. The fraction of sp³-hybridized carbons (Fsp3) is 0.238. The van der Waals surface area contributed by atoms with Crippen molar-refractivity contribution in [2.45, 2.75) is 25.7 Å². The van der Waals surface area contributed by atoms with Gasteiger partial charge in [-0.15, -0.1) is 0 Å². The third-order valence-electron chi connectivity index (χ3n) is 4.67. The lowest BCUT2D eigenvalue weighted by Crippen LogP contribution is -2.07. The van der Waals surface area contributed by atoms with Crippen molar-refractivity contribution in [3.05, 3.63) is 77.0 Å². The number of nitrogens with one attached hydrogen (secondary N) is 1. The molecule has 0 atom stereocenters. The zero-order valence-electron chi connectivity index (χ0n) is 14.1. The van der Waals surface area contributed by atoms with Gasteiger partial charge in [-0.3, -0.25) is 0 Å². The number of anilines is 1. The molecule has 1 aliphatic rings. The number of benzene rings is 2. The van der Waals surface area contributed by atoms with E-state index in [0.717, 1.165) is 36.6 Å². The van der Waals surface area contributed by atoms with Gasteiger partial charge in [0.1, 0.15) is 5.82 Å². The third-order valence-corrected chi connectivity index (χ3v) is 4.67. The third kappa shape index (κ3) is 3.14. The topological polar surface area (TPSA) is 53.6 Å². The van der Waals surface area contributed by atoms with Crippen LogP contribution in [0.3, 0.4) is 0 Å². The molecule has 0 saturated carbocycles. The van der Waals surface area contributed by atoms with Crippen LogP contribution in [0.5, 0.6) is 0 Å². The van der Waals surface area contributed by atoms with Gasteiger partial charge in [0.2, 0.25) is 0 Å². The van der Waals surface area contributed by atoms with Crippen molar-refractivity contribution in [2.75, 3.05) is 11.9 Å². The molecule has 1 aromatic heterocycles. The van der Waals surface area contributed by atoms with E-state index in [4.69, 9.17) is 10.4 Å². The molecule has 3 aromatic rings. The van der Waals surface area contributed by atoms with Gasteiger partial charge in [0.25, 0.3) is 0 Å². The van der Waals surface area contributed by atoms with E-state index >= 15 is 0 Å². The van der Waals surface area contributed by atoms with E-state index in [-0.39, 0.29) is 0 Å². The van der Waals surface area contributed by atoms with Crippen molar-refractivity contribution in [2.24, 2.45) is 0 Å². The van der Waals surface area contributed by atoms with Crippen LogP contribution in [-0.2, 0) is 12.8 Å². The van der Waals surface area contributed by atoms with Crippen molar-refractivity contribution >= 4 is 5.82 Å². The maximum Gasteiger partial charge on any atom is 0.133 e. The minimum atomic E-state index is 0.666. The summed E-state index contributed by atoms with van der Waals surface area (Å²) in [6, 6.07) is 20.3. The average Bonchev–Trinajstić information content (AvgIpc) is 2.84. The van der Waals surface area contributed by atoms with Crippen molar-refractivity contribution in [3.8, 4) is 11.8 Å². The summed E-state index contributed by atoms with van der Waals surface area (Å²) in [4.78, 5) is 0. The van der Waals surface area contributed by atoms with E-state index in [9.17, 15) is 0 Å². The van der Waals surface area contributed by atoms with E-state index < -0.39 is 0 Å². The lowest BCUT2D eigenvalue weighted by atomic mass is 10.0. The Kier molecular flexibility index (Phi) is 4.22. The largest absolute Gasteiger partial charge is 0.370 e. The Labute approximate surface area is 147 Å². The zero-order chi connectivity index (χ0) is 17.1. The Morgan fingerprint density at radius 2 is 1.84 bits per heavy atom. The Morgan fingerprint density at radius 3 is 2.60 bits per heavy atom. The van der Waals surface area contributed by atoms with Crippen LogP contribution in [-0.4, -0.2) is 16.3 Å². The molecule has 1 N–H and O–H groups in total. The average molecular weight is 328 g/mol. The van der Waals surface area contributed by atoms with Crippen molar-refractivity contribution in [1.29, 1.82) is 5.26 Å². The van der Waals surface area contributed by atoms with Gasteiger partial charge in [-0.2, -0.15) is 10.4 Å². The minimum Gasteiger partial charge on any atom is -0.370 e. The summed E-state index contributed by atoms with van der Waals surface area (Å²) < 4.78 is 2.00. The van der Waals surface area contributed by atoms with Crippen LogP contribution in [0.2, 0.25) is 0 Å². The molecule has 0 radical (unpaired) electrons. The van der Waals surface area contributed by atoms with Crippen molar-refractivity contribution in [1.82, 2.24) is 9.78 Å². The molecule has 2 heterocycles. The first kappa shape index (κ1) is 15.5. The van der Waals surface area contributed by atoms with E-state index in [0.29, 0.717) is 5.56 Å². The van der Waals surface area contributed by atoms with Crippen LogP contribution in [0.4, 0.5) is 5.82 Å². The van der Waals surface area contributed by atoms with E-state index in [1.54, 1.807) is 0 Å². The first-order valence-electron chi connectivity index (χ1n) is 8.74. The van der Waals surface area contributed by atoms with Crippen LogP contribution in [0.25, 0.3) is 5.69 Å². The molecule has 0 fully saturated rings. The molecule has 0 saturated heterocycles. The quantitative estimate of drug-likeness (QED) is 0.788. The first-order valence-corrected chi connectivity index (χ1v) is 8.74. The second-order valence-electron chi connectivity index (χ2n) is 6.39. The maximum atomic E-state index is 9.01. The summed E-state index contributed by atoms with van der Waals surface area (Å²) in [5, 5.41) is 17.5. The molecule has 0 amide bonds. The van der Waals surface area contributed by atoms with Gasteiger partial charge in [0.05, 0.1) is 23.0 Å². The van der Waals surface area contributed by atoms with Crippen LogP contribution < -0.4 is 5.32 Å². The van der Waals surface area contributed by atoms with E-state index in [1.807, 2.05) is 35.0 Å². The van der Waals surface area contributed by atoms with Gasteiger partial charge in [-0.25, -0.2) is 4.68 Å². The fourth-order valence-electron chi connectivity index (χ4n) is 3.37. The smallest absolute Gasteiger partial charge is 0.133 e. The Morgan fingerprint density at radius 1 is 1.04 bits per heavy atom. The van der Waals surface area contributed by atoms with E-state index in [1.165, 1.54) is 24.0 Å². The van der Waals surface area contributed by atoms with Gasteiger partial charge in [0, 0.05) is 18.5 Å². The van der Waals surface area contributed by atoms with Gasteiger partial charge < -0.3 is 5.32 Å². The number of hydrogen-bond acceptors (Lipinski definition) is 3. The summed E-state index contributed by atoms with van der Waals surface area (Å²) in [7, 11) is 0. The summed E-state index contributed by atoms with van der Waals surface area (Å²) in [6.45, 7) is 0.972. The highest BCUT2D eigenvalue weighted by atomic mass is 15.3. The van der Waals surface area contributed by atoms with Crippen LogP contribution in [0.1, 0.15) is 35.2 Å². The summed E-state index contributed by atoms with van der Waals surface area (Å²) >= 11 is 0. The van der Waals surface area contributed by atoms with E-state index in [2.05, 4.69) is 35.7 Å². The normalized spacial score (nSPS) is 13.4. The maximum absolute atomic E-state index is 9.01. The number of rotatable bonds is 3. The predicted molar refractivity (Wildman–Crippen MR) is 99.0 cm³/mol. The molecule has 4 rings (SSSR count). The lowest BCUT2D eigenvalue weighted by molar-refractivity contribution is 0.767. The number of fused-ring (bicyclic) bond motifs is 1. The molecule has 4 nitrogen and oxygen atoms in total. The van der Waals surface area contributed by atoms with Crippen molar-refractivity contribution < 1.29 is 0 Å². The molecule has 124 valence electrons. The second kappa shape index (κ2) is 6.82. The van der Waals surface area contributed by atoms with Gasteiger partial charge in [-0.05, 0) is 49.1 Å². The Balaban J connectivity index is 1.77. The highest BCUT2D eigenvalue weighted by Crippen LogP contribution is 2.29. The molecule has 25 heavy (non-hydrogen) atoms. The Hall–Kier alpha value is -3.06. The molecule has 1 aliphatic heterocycles. The van der Waals surface area contributed by atoms with Crippen LogP contribution in [0.15, 0.2) is 54.6 Å². The summed E-state index contributed by atoms with van der Waals surface area (Å²) in [5.74, 6) is 1.10. The fourth-order valence-corrected chi connectivity index (χ4v) is 3.37. The number of aromatic nitrogens is 2. The summed E-state index contributed by atoms with van der Waals surface area (Å²) in [5.41, 5.74) is 5.40. The van der Waals surface area contributed by atoms with Crippen LogP contribution in [0, 0.1) is 11.3 Å². The molecule has 0 spiro atoms. The number of nitrogens with zero attached hydrogens (tertiary/aromatic N) is 3. The molecular weight excluding hydrogens is 308 g/mol. The molecule has 0 bridgehead atoms. The van der Waals surface area contributed by atoms with Crippen LogP contribution >= 0.6 is 0 Å². The highest BCUT2D eigenvalue weighted by molar-refractivity contribution is 5.55. The number of nitriles is 1. The molecule has 0 aliphatic carbocycles. The highest BCUT2D eigenvalue weighted by Gasteiger charge is 2.20. The van der Waals surface area contributed by atoms with Crippen molar-refractivity contribution in [3.63, 3.8) is 0 Å². The molecule has 2 aromatic carbocycles. The van der Waals surface area contributed by atoms with Gasteiger partial charge >= 0.3 is 0 Å². The minimum absolute atomic E-state index is 0.666. The lowest BCUT2D eigenvalue weighted by Gasteiger charge is -2.09. The first-order chi connectivity index (χ1) is 12.3. The molecule has 0 unspecified atom stereocenters. The molecule has 4 heteroatoms. The molecular formula is C21H20N4. The standard InChI is InChI=1S/C21H20N4/c22-15-17-9-11-18(12-10-17)25-21-19(8-4-5-13-23-21)20(24-25)14-16-6-2-1-3-7-16/h1-3,6-7,9-12,23H,4-5,8,13-14H2. The monoisotopic (exact) mass is 328 g/mol. The van der Waals surface area contributed by atoms with Gasteiger partial charge in [0.15, 0.2) is 0 Å². The second-order valence-corrected chi connectivity index (χ2v) is 6.39. The predicted octanol–water partition coefficient (Wildman–Crippen LogP) is 4.08. The summed E-state index contributed by atoms with van der Waals surface area (Å²) in [6.07, 6.45) is 4.25. The Bertz CT molecular complexity index is 902. The number of hydrogen-bond donors (Lipinski definition) is 1.